The molecule has 6 heteroatoms. The summed E-state index contributed by atoms with van der Waals surface area (Å²) in [6.07, 6.45) is 1.66. The molecule has 22 heavy (non-hydrogen) atoms. The molecule has 0 fully saturated rings. The molecule has 0 bridgehead atoms. The van der Waals surface area contributed by atoms with Gasteiger partial charge in [-0.15, -0.1) is 0 Å². The number of phenols is 1. The van der Waals surface area contributed by atoms with Crippen molar-refractivity contribution in [2.75, 3.05) is 6.26 Å². The van der Waals surface area contributed by atoms with Crippen LogP contribution in [0.4, 0.5) is 0 Å². The van der Waals surface area contributed by atoms with Gasteiger partial charge in [0.25, 0.3) is 0 Å². The molecule has 0 aliphatic carbocycles. The Morgan fingerprint density at radius 3 is 2.32 bits per heavy atom. The number of nitrogens with zero attached hydrogens (tertiary/aromatic N) is 2. The predicted molar refractivity (Wildman–Crippen MR) is 85.1 cm³/mol. The van der Waals surface area contributed by atoms with Gasteiger partial charge in [-0.25, -0.2) is 8.42 Å². The van der Waals surface area contributed by atoms with Crippen LogP contribution in [-0.4, -0.2) is 29.9 Å². The van der Waals surface area contributed by atoms with Gasteiger partial charge in [0.15, 0.2) is 0 Å². The highest BCUT2D eigenvalue weighted by molar-refractivity contribution is 7.88. The Morgan fingerprint density at radius 1 is 1.09 bits per heavy atom. The van der Waals surface area contributed by atoms with Gasteiger partial charge < -0.3 is 5.11 Å². The average molecular weight is 316 g/mol. The van der Waals surface area contributed by atoms with Gasteiger partial charge in [0.1, 0.15) is 5.75 Å². The lowest BCUT2D eigenvalue weighted by Crippen LogP contribution is -2.25. The SMILES string of the molecule is CS(=O)(=O)N1N=C(c2ccc(O)cc2)C[C@H]1c1ccccc1. The van der Waals surface area contributed by atoms with Crippen molar-refractivity contribution in [3.05, 3.63) is 65.7 Å². The Balaban J connectivity index is 2.00. The van der Waals surface area contributed by atoms with Crippen molar-refractivity contribution in [3.8, 4) is 5.75 Å². The van der Waals surface area contributed by atoms with Crippen molar-refractivity contribution in [1.82, 2.24) is 4.41 Å². The molecule has 114 valence electrons. The van der Waals surface area contributed by atoms with E-state index in [-0.39, 0.29) is 11.8 Å². The molecular formula is C16H16N2O3S. The highest BCUT2D eigenvalue weighted by Gasteiger charge is 2.34. The van der Waals surface area contributed by atoms with Crippen molar-refractivity contribution in [3.63, 3.8) is 0 Å². The van der Waals surface area contributed by atoms with Crippen LogP contribution in [0.1, 0.15) is 23.6 Å². The van der Waals surface area contributed by atoms with E-state index in [1.165, 1.54) is 4.41 Å². The van der Waals surface area contributed by atoms with E-state index in [0.29, 0.717) is 12.1 Å². The molecule has 1 aliphatic heterocycles. The fourth-order valence-corrected chi connectivity index (χ4v) is 3.45. The lowest BCUT2D eigenvalue weighted by molar-refractivity contribution is 0.375. The van der Waals surface area contributed by atoms with Gasteiger partial charge in [-0.2, -0.15) is 9.52 Å². The van der Waals surface area contributed by atoms with E-state index in [0.717, 1.165) is 17.4 Å². The summed E-state index contributed by atoms with van der Waals surface area (Å²) in [7, 11) is -3.45. The number of hydrogen-bond acceptors (Lipinski definition) is 4. The zero-order valence-electron chi connectivity index (χ0n) is 12.0. The molecule has 0 saturated carbocycles. The van der Waals surface area contributed by atoms with Crippen molar-refractivity contribution in [2.24, 2.45) is 5.10 Å². The fourth-order valence-electron chi connectivity index (χ4n) is 2.55. The van der Waals surface area contributed by atoms with E-state index in [4.69, 9.17) is 0 Å². The zero-order chi connectivity index (χ0) is 15.7. The standard InChI is InChI=1S/C16H16N2O3S/c1-22(20,21)18-16(13-5-3-2-4-6-13)11-15(17-18)12-7-9-14(19)10-8-12/h2-10,16,19H,11H2,1H3/t16-/m0/s1. The monoisotopic (exact) mass is 316 g/mol. The minimum absolute atomic E-state index is 0.168. The molecule has 0 radical (unpaired) electrons. The highest BCUT2D eigenvalue weighted by atomic mass is 32.2. The largest absolute Gasteiger partial charge is 0.508 e. The molecule has 3 rings (SSSR count). The molecule has 0 amide bonds. The van der Waals surface area contributed by atoms with Gasteiger partial charge in [0.2, 0.25) is 10.0 Å². The molecule has 1 atom stereocenters. The quantitative estimate of drug-likeness (QED) is 0.946. The van der Waals surface area contributed by atoms with Crippen molar-refractivity contribution < 1.29 is 13.5 Å². The van der Waals surface area contributed by atoms with E-state index in [1.807, 2.05) is 30.3 Å². The van der Waals surface area contributed by atoms with E-state index < -0.39 is 10.0 Å². The number of phenolic OH excluding ortho intramolecular Hbond substituents is 1. The second-order valence-electron chi connectivity index (χ2n) is 5.26. The van der Waals surface area contributed by atoms with Crippen molar-refractivity contribution in [1.29, 1.82) is 0 Å². The van der Waals surface area contributed by atoms with E-state index in [9.17, 15) is 13.5 Å². The number of benzene rings is 2. The van der Waals surface area contributed by atoms with Crippen LogP contribution in [0.15, 0.2) is 59.7 Å². The fraction of sp³-hybridized carbons (Fsp3) is 0.188. The zero-order valence-corrected chi connectivity index (χ0v) is 12.9. The van der Waals surface area contributed by atoms with Crippen LogP contribution in [0.25, 0.3) is 0 Å². The Bertz CT molecular complexity index is 799. The van der Waals surface area contributed by atoms with Gasteiger partial charge in [0, 0.05) is 6.42 Å². The minimum atomic E-state index is -3.45. The summed E-state index contributed by atoms with van der Waals surface area (Å²) in [6, 6.07) is 15.7. The Labute approximate surface area is 129 Å². The number of hydrazone groups is 1. The Morgan fingerprint density at radius 2 is 1.73 bits per heavy atom. The summed E-state index contributed by atoms with van der Waals surface area (Å²) in [5.74, 6) is 0.168. The van der Waals surface area contributed by atoms with Gasteiger partial charge in [0.05, 0.1) is 18.0 Å². The smallest absolute Gasteiger partial charge is 0.247 e. The number of sulfonamides is 1. The second kappa shape index (κ2) is 5.46. The second-order valence-corrected chi connectivity index (χ2v) is 7.10. The first-order valence-electron chi connectivity index (χ1n) is 6.86. The number of aromatic hydroxyl groups is 1. The van der Waals surface area contributed by atoms with Crippen LogP contribution in [-0.2, 0) is 10.0 Å². The molecular weight excluding hydrogens is 300 g/mol. The molecule has 2 aromatic carbocycles. The molecule has 5 nitrogen and oxygen atoms in total. The topological polar surface area (TPSA) is 70.0 Å². The maximum absolute atomic E-state index is 12.0. The summed E-state index contributed by atoms with van der Waals surface area (Å²) in [4.78, 5) is 0. The van der Waals surface area contributed by atoms with Crippen LogP contribution in [0.2, 0.25) is 0 Å². The van der Waals surface area contributed by atoms with Crippen LogP contribution in [0, 0.1) is 0 Å². The maximum atomic E-state index is 12.0. The molecule has 1 aliphatic rings. The first kappa shape index (κ1) is 14.6. The summed E-state index contributed by atoms with van der Waals surface area (Å²) in [6.45, 7) is 0. The normalized spacial score (nSPS) is 18.3. The van der Waals surface area contributed by atoms with Crippen LogP contribution >= 0.6 is 0 Å². The first-order chi connectivity index (χ1) is 10.4. The summed E-state index contributed by atoms with van der Waals surface area (Å²) >= 11 is 0. The van der Waals surface area contributed by atoms with E-state index >= 15 is 0 Å². The Kier molecular flexibility index (Phi) is 3.62. The van der Waals surface area contributed by atoms with Crippen molar-refractivity contribution >= 4 is 15.7 Å². The van der Waals surface area contributed by atoms with E-state index in [2.05, 4.69) is 5.10 Å². The van der Waals surface area contributed by atoms with Gasteiger partial charge in [-0.1, -0.05) is 30.3 Å². The lowest BCUT2D eigenvalue weighted by Gasteiger charge is -2.21. The predicted octanol–water partition coefficient (Wildman–Crippen LogP) is 2.50. The molecule has 0 unspecified atom stereocenters. The highest BCUT2D eigenvalue weighted by Crippen LogP contribution is 2.34. The lowest BCUT2D eigenvalue weighted by atomic mass is 9.99. The van der Waals surface area contributed by atoms with Gasteiger partial charge in [-0.05, 0) is 35.4 Å². The summed E-state index contributed by atoms with van der Waals surface area (Å²) in [5, 5.41) is 13.7. The van der Waals surface area contributed by atoms with Crippen LogP contribution in [0.3, 0.4) is 0 Å². The first-order valence-corrected chi connectivity index (χ1v) is 8.71. The van der Waals surface area contributed by atoms with Gasteiger partial charge in [-0.3, -0.25) is 0 Å². The molecule has 1 N–H and O–H groups in total. The summed E-state index contributed by atoms with van der Waals surface area (Å²) in [5.41, 5.74) is 2.41. The van der Waals surface area contributed by atoms with E-state index in [1.54, 1.807) is 24.3 Å². The minimum Gasteiger partial charge on any atom is -0.508 e. The molecule has 0 aromatic heterocycles. The van der Waals surface area contributed by atoms with Crippen LogP contribution in [0.5, 0.6) is 5.75 Å². The number of hydrogen-bond donors (Lipinski definition) is 1. The third-order valence-corrected chi connectivity index (χ3v) is 4.61. The average Bonchev–Trinajstić information content (AvgIpc) is 2.94. The van der Waals surface area contributed by atoms with Crippen molar-refractivity contribution in [2.45, 2.75) is 12.5 Å². The molecule has 1 heterocycles. The molecule has 0 saturated heterocycles. The third kappa shape index (κ3) is 2.82. The summed E-state index contributed by atoms with van der Waals surface area (Å²) < 4.78 is 25.2. The molecule has 0 spiro atoms. The van der Waals surface area contributed by atoms with Gasteiger partial charge >= 0.3 is 0 Å². The Hall–Kier alpha value is -2.34. The third-order valence-electron chi connectivity index (χ3n) is 3.60. The maximum Gasteiger partial charge on any atom is 0.247 e. The van der Waals surface area contributed by atoms with Crippen LogP contribution < -0.4 is 0 Å². The number of rotatable bonds is 3. The molecule has 2 aromatic rings.